The summed E-state index contributed by atoms with van der Waals surface area (Å²) >= 11 is 0. The summed E-state index contributed by atoms with van der Waals surface area (Å²) in [5.74, 6) is 1.04. The fraction of sp³-hybridized carbons (Fsp3) is 1.00. The molecule has 0 aliphatic heterocycles. The Kier molecular flexibility index (Phi) is 20.9. The molecule has 1 rings (SSSR count). The third-order valence-corrected chi connectivity index (χ3v) is 3.35. The molecule has 0 bridgehead atoms. The summed E-state index contributed by atoms with van der Waals surface area (Å²) in [6, 6.07) is 0. The highest BCUT2D eigenvalue weighted by Gasteiger charge is 2.05. The molecule has 0 nitrogen and oxygen atoms in total. The molecule has 0 aromatic rings. The minimum Gasteiger partial charge on any atom is -0.0683 e. The summed E-state index contributed by atoms with van der Waals surface area (Å²) in [4.78, 5) is 0. The lowest BCUT2D eigenvalue weighted by molar-refractivity contribution is 0.385. The van der Waals surface area contributed by atoms with Gasteiger partial charge in [-0.2, -0.15) is 0 Å². The van der Waals surface area contributed by atoms with Gasteiger partial charge in [0.15, 0.2) is 0 Å². The van der Waals surface area contributed by atoms with Gasteiger partial charge in [-0.1, -0.05) is 105 Å². The van der Waals surface area contributed by atoms with Crippen LogP contribution in [0.2, 0.25) is 0 Å². The van der Waals surface area contributed by atoms with Crippen molar-refractivity contribution < 1.29 is 0 Å². The van der Waals surface area contributed by atoms with Gasteiger partial charge in [0.2, 0.25) is 0 Å². The number of rotatable bonds is 5. The number of hydrogen-bond acceptors (Lipinski definition) is 0. The van der Waals surface area contributed by atoms with Crippen LogP contribution in [-0.2, 0) is 0 Å². The third kappa shape index (κ3) is 18.6. The SMILES string of the molecule is CC.CC1CCCCC1.CCCCCCCC. The molecule has 1 aliphatic carbocycles. The smallest absolute Gasteiger partial charge is 0.0443 e. The summed E-state index contributed by atoms with van der Waals surface area (Å²) in [5.41, 5.74) is 0. The Balaban J connectivity index is 0. The Labute approximate surface area is 112 Å². The van der Waals surface area contributed by atoms with E-state index in [2.05, 4.69) is 20.8 Å². The predicted octanol–water partition coefficient (Wildman–Crippen LogP) is 6.98. The number of unbranched alkanes of at least 4 members (excludes halogenated alkanes) is 5. The highest BCUT2D eigenvalue weighted by Crippen LogP contribution is 2.22. The Morgan fingerprint density at radius 3 is 1.35 bits per heavy atom. The van der Waals surface area contributed by atoms with E-state index in [4.69, 9.17) is 0 Å². The first kappa shape index (κ1) is 19.3. The van der Waals surface area contributed by atoms with Crippen molar-refractivity contribution in [3.63, 3.8) is 0 Å². The van der Waals surface area contributed by atoms with Crippen molar-refractivity contribution >= 4 is 0 Å². The molecule has 0 aromatic heterocycles. The molecule has 0 spiro atoms. The van der Waals surface area contributed by atoms with E-state index in [1.165, 1.54) is 70.6 Å². The standard InChI is InChI=1S/C8H18.C7H14.C2H6/c1-3-5-7-8-6-4-2;1-7-5-3-2-4-6-7;1-2/h3-8H2,1-2H3;7H,2-6H2,1H3;1-2H3. The second kappa shape index (κ2) is 18.4. The molecular formula is C17H38. The Hall–Kier alpha value is 0. The fourth-order valence-electron chi connectivity index (χ4n) is 2.16. The second-order valence-corrected chi connectivity index (χ2v) is 5.16. The van der Waals surface area contributed by atoms with E-state index in [-0.39, 0.29) is 0 Å². The normalized spacial score (nSPS) is 15.4. The van der Waals surface area contributed by atoms with Crippen molar-refractivity contribution in [2.75, 3.05) is 0 Å². The van der Waals surface area contributed by atoms with Crippen LogP contribution in [0.1, 0.15) is 105 Å². The van der Waals surface area contributed by atoms with Gasteiger partial charge in [-0.15, -0.1) is 0 Å². The molecule has 0 unspecified atom stereocenters. The van der Waals surface area contributed by atoms with E-state index in [1.54, 1.807) is 0 Å². The van der Waals surface area contributed by atoms with Crippen LogP contribution in [-0.4, -0.2) is 0 Å². The molecule has 17 heavy (non-hydrogen) atoms. The van der Waals surface area contributed by atoms with Gasteiger partial charge in [-0.3, -0.25) is 0 Å². The number of hydrogen-bond donors (Lipinski definition) is 0. The van der Waals surface area contributed by atoms with Gasteiger partial charge in [0.1, 0.15) is 0 Å². The molecule has 1 fully saturated rings. The van der Waals surface area contributed by atoms with Gasteiger partial charge in [-0.25, -0.2) is 0 Å². The Bertz CT molecular complexity index is 94.6. The quantitative estimate of drug-likeness (QED) is 0.456. The van der Waals surface area contributed by atoms with Crippen molar-refractivity contribution in [3.05, 3.63) is 0 Å². The molecule has 0 heteroatoms. The van der Waals surface area contributed by atoms with Gasteiger partial charge in [0.05, 0.1) is 0 Å². The summed E-state index contributed by atoms with van der Waals surface area (Å²) in [5, 5.41) is 0. The lowest BCUT2D eigenvalue weighted by Crippen LogP contribution is -1.99. The molecule has 1 saturated carbocycles. The monoisotopic (exact) mass is 242 g/mol. The van der Waals surface area contributed by atoms with Crippen molar-refractivity contribution in [2.45, 2.75) is 105 Å². The van der Waals surface area contributed by atoms with E-state index in [9.17, 15) is 0 Å². The lowest BCUT2D eigenvalue weighted by atomic mass is 9.91. The first-order valence-electron chi connectivity index (χ1n) is 8.31. The maximum Gasteiger partial charge on any atom is -0.0443 e. The third-order valence-electron chi connectivity index (χ3n) is 3.35. The summed E-state index contributed by atoms with van der Waals surface area (Å²) in [7, 11) is 0. The lowest BCUT2D eigenvalue weighted by Gasteiger charge is -2.15. The van der Waals surface area contributed by atoms with Crippen molar-refractivity contribution in [3.8, 4) is 0 Å². The first-order chi connectivity index (χ1) is 8.31. The minimum absolute atomic E-state index is 1.04. The zero-order valence-electron chi connectivity index (χ0n) is 13.4. The van der Waals surface area contributed by atoms with Gasteiger partial charge in [-0.05, 0) is 5.92 Å². The van der Waals surface area contributed by atoms with E-state index in [0.29, 0.717) is 0 Å². The van der Waals surface area contributed by atoms with Gasteiger partial charge in [0.25, 0.3) is 0 Å². The first-order valence-corrected chi connectivity index (χ1v) is 8.31. The zero-order chi connectivity index (χ0) is 13.4. The van der Waals surface area contributed by atoms with Crippen molar-refractivity contribution in [2.24, 2.45) is 5.92 Å². The van der Waals surface area contributed by atoms with Crippen LogP contribution in [0.4, 0.5) is 0 Å². The Morgan fingerprint density at radius 1 is 0.706 bits per heavy atom. The fourth-order valence-corrected chi connectivity index (χ4v) is 2.16. The van der Waals surface area contributed by atoms with Gasteiger partial charge < -0.3 is 0 Å². The molecule has 106 valence electrons. The molecule has 0 heterocycles. The van der Waals surface area contributed by atoms with E-state index >= 15 is 0 Å². The van der Waals surface area contributed by atoms with Crippen LogP contribution in [0.25, 0.3) is 0 Å². The highest BCUT2D eigenvalue weighted by atomic mass is 14.1. The van der Waals surface area contributed by atoms with Crippen LogP contribution in [0.3, 0.4) is 0 Å². The molecule has 0 radical (unpaired) electrons. The molecule has 0 aromatic carbocycles. The molecule has 0 amide bonds. The molecule has 1 aliphatic rings. The van der Waals surface area contributed by atoms with Crippen LogP contribution in [0, 0.1) is 5.92 Å². The van der Waals surface area contributed by atoms with Crippen LogP contribution < -0.4 is 0 Å². The summed E-state index contributed by atoms with van der Waals surface area (Å²) < 4.78 is 0. The predicted molar refractivity (Wildman–Crippen MR) is 82.6 cm³/mol. The highest BCUT2D eigenvalue weighted by molar-refractivity contribution is 4.59. The van der Waals surface area contributed by atoms with Crippen LogP contribution >= 0.6 is 0 Å². The topological polar surface area (TPSA) is 0 Å². The summed E-state index contributed by atoms with van der Waals surface area (Å²) in [6.45, 7) is 10.9. The maximum atomic E-state index is 2.36. The van der Waals surface area contributed by atoms with Crippen LogP contribution in [0.5, 0.6) is 0 Å². The molecule has 0 saturated heterocycles. The molecule has 0 N–H and O–H groups in total. The average Bonchev–Trinajstić information content (AvgIpc) is 2.39. The van der Waals surface area contributed by atoms with Crippen molar-refractivity contribution in [1.82, 2.24) is 0 Å². The summed E-state index contributed by atoms with van der Waals surface area (Å²) in [6.07, 6.45) is 15.9. The minimum atomic E-state index is 1.04. The van der Waals surface area contributed by atoms with Gasteiger partial charge in [0, 0.05) is 0 Å². The Morgan fingerprint density at radius 2 is 1.12 bits per heavy atom. The molecule has 0 atom stereocenters. The van der Waals surface area contributed by atoms with Crippen LogP contribution in [0.15, 0.2) is 0 Å². The maximum absolute atomic E-state index is 2.36. The van der Waals surface area contributed by atoms with Crippen molar-refractivity contribution in [1.29, 1.82) is 0 Å². The van der Waals surface area contributed by atoms with Gasteiger partial charge >= 0.3 is 0 Å². The van der Waals surface area contributed by atoms with E-state index in [1.807, 2.05) is 13.8 Å². The average molecular weight is 242 g/mol. The second-order valence-electron chi connectivity index (χ2n) is 5.16. The van der Waals surface area contributed by atoms with E-state index in [0.717, 1.165) is 5.92 Å². The van der Waals surface area contributed by atoms with E-state index < -0.39 is 0 Å². The largest absolute Gasteiger partial charge is 0.0683 e. The zero-order valence-corrected chi connectivity index (χ0v) is 13.4. The molecular weight excluding hydrogens is 204 g/mol.